The first kappa shape index (κ1) is 22.8. The van der Waals surface area contributed by atoms with Crippen molar-refractivity contribution in [1.29, 1.82) is 0 Å². The Bertz CT molecular complexity index is 1080. The number of hydrazine groups is 1. The largest absolute Gasteiger partial charge is 0.493 e. The Hall–Kier alpha value is -3.01. The van der Waals surface area contributed by atoms with Crippen molar-refractivity contribution in [2.45, 2.75) is 45.6 Å². The second-order valence-electron chi connectivity index (χ2n) is 9.52. The predicted molar refractivity (Wildman–Crippen MR) is 127 cm³/mol. The van der Waals surface area contributed by atoms with Gasteiger partial charge in [-0.3, -0.25) is 4.79 Å². The van der Waals surface area contributed by atoms with Gasteiger partial charge in [0.2, 0.25) is 0 Å². The summed E-state index contributed by atoms with van der Waals surface area (Å²) >= 11 is 0. The number of nitrogens with two attached hydrogens (primary N) is 1. The van der Waals surface area contributed by atoms with E-state index in [4.69, 9.17) is 9.84 Å². The van der Waals surface area contributed by atoms with Gasteiger partial charge in [0.15, 0.2) is 0 Å². The van der Waals surface area contributed by atoms with Crippen molar-refractivity contribution in [1.82, 2.24) is 21.0 Å². The first-order valence-corrected chi connectivity index (χ1v) is 12.2. The van der Waals surface area contributed by atoms with Crippen LogP contribution in [0.4, 0.5) is 0 Å². The molecule has 3 aliphatic rings. The Morgan fingerprint density at radius 2 is 2.06 bits per heavy atom. The maximum absolute atomic E-state index is 12.9. The maximum atomic E-state index is 12.9. The fourth-order valence-corrected chi connectivity index (χ4v) is 4.93. The number of amides is 1. The summed E-state index contributed by atoms with van der Waals surface area (Å²) < 4.78 is 5.62. The summed E-state index contributed by atoms with van der Waals surface area (Å²) in [6.45, 7) is 4.16. The molecule has 9 heteroatoms. The van der Waals surface area contributed by atoms with E-state index in [-0.39, 0.29) is 5.91 Å². The van der Waals surface area contributed by atoms with Gasteiger partial charge in [0.05, 0.1) is 18.7 Å². The first-order valence-electron chi connectivity index (χ1n) is 12.2. The Morgan fingerprint density at radius 1 is 1.24 bits per heavy atom. The summed E-state index contributed by atoms with van der Waals surface area (Å²) in [5.74, 6) is 2.51. The molecule has 1 amide bonds. The summed E-state index contributed by atoms with van der Waals surface area (Å²) in [6, 6.07) is 9.83. The van der Waals surface area contributed by atoms with Crippen molar-refractivity contribution >= 4 is 11.7 Å². The molecule has 5 rings (SSSR count). The third-order valence-electron chi connectivity index (χ3n) is 6.93. The molecule has 3 heterocycles. The van der Waals surface area contributed by atoms with Crippen molar-refractivity contribution in [3.8, 4) is 5.75 Å². The molecule has 0 unspecified atom stereocenters. The fraction of sp³-hybridized carbons (Fsp3) is 0.480. The number of pyridine rings is 1. The summed E-state index contributed by atoms with van der Waals surface area (Å²) in [7, 11) is 0. The highest BCUT2D eigenvalue weighted by Gasteiger charge is 2.27. The van der Waals surface area contributed by atoms with Gasteiger partial charge in [0.1, 0.15) is 11.4 Å². The van der Waals surface area contributed by atoms with Crippen molar-refractivity contribution in [2.24, 2.45) is 16.9 Å². The molecule has 0 atom stereocenters. The molecule has 180 valence electrons. The number of rotatable bonds is 7. The number of nitrogens with one attached hydrogen (secondary N) is 2. The van der Waals surface area contributed by atoms with Gasteiger partial charge < -0.3 is 15.2 Å². The number of fused-ring (bicyclic) bond motifs is 1. The third-order valence-corrected chi connectivity index (χ3v) is 6.93. The smallest absolute Gasteiger partial charge is 0.271 e. The van der Waals surface area contributed by atoms with Gasteiger partial charge in [-0.1, -0.05) is 22.8 Å². The quantitative estimate of drug-likeness (QED) is 0.454. The second kappa shape index (κ2) is 10.1. The van der Waals surface area contributed by atoms with E-state index in [0.717, 1.165) is 73.7 Å². The average Bonchev–Trinajstić information content (AvgIpc) is 3.52. The van der Waals surface area contributed by atoms with E-state index in [1.165, 1.54) is 5.56 Å². The van der Waals surface area contributed by atoms with Gasteiger partial charge >= 0.3 is 0 Å². The molecule has 0 radical (unpaired) electrons. The molecule has 9 nitrogen and oxygen atoms in total. The molecular weight excluding hydrogens is 432 g/mol. The van der Waals surface area contributed by atoms with E-state index in [9.17, 15) is 9.90 Å². The Kier molecular flexibility index (Phi) is 6.75. The van der Waals surface area contributed by atoms with Gasteiger partial charge in [-0.2, -0.15) is 10.5 Å². The van der Waals surface area contributed by atoms with Crippen LogP contribution in [-0.2, 0) is 13.0 Å². The minimum absolute atomic E-state index is 0.213. The van der Waals surface area contributed by atoms with Crippen LogP contribution in [0.15, 0.2) is 35.4 Å². The van der Waals surface area contributed by atoms with E-state index in [1.54, 1.807) is 6.07 Å². The minimum Gasteiger partial charge on any atom is -0.493 e. The van der Waals surface area contributed by atoms with Crippen molar-refractivity contribution in [2.75, 3.05) is 19.8 Å². The van der Waals surface area contributed by atoms with Crippen LogP contribution < -0.4 is 21.0 Å². The van der Waals surface area contributed by atoms with E-state index in [0.29, 0.717) is 30.7 Å². The molecule has 34 heavy (non-hydrogen) atoms. The van der Waals surface area contributed by atoms with Crippen LogP contribution in [0.25, 0.3) is 0 Å². The normalized spacial score (nSPS) is 21.7. The Morgan fingerprint density at radius 3 is 2.88 bits per heavy atom. The van der Waals surface area contributed by atoms with Gasteiger partial charge in [-0.25, -0.2) is 4.98 Å². The van der Waals surface area contributed by atoms with Gasteiger partial charge in [0, 0.05) is 25.3 Å². The minimum atomic E-state index is -0.213. The molecule has 0 bridgehead atoms. The SMILES string of the molecule is Cc1cc(C2=NN(CC3CCC(CO)CC3)N[NH2+]2)cc(C(=O)NCc2ccc3c(c2)OCC3)n1. The Balaban J connectivity index is 1.21. The van der Waals surface area contributed by atoms with Crippen LogP contribution in [0.3, 0.4) is 0 Å². The van der Waals surface area contributed by atoms with E-state index in [1.807, 2.05) is 35.7 Å². The van der Waals surface area contributed by atoms with Crippen LogP contribution in [-0.4, -0.2) is 46.7 Å². The van der Waals surface area contributed by atoms with Gasteiger partial charge in [0.25, 0.3) is 11.7 Å². The van der Waals surface area contributed by atoms with Crippen molar-refractivity contribution in [3.63, 3.8) is 0 Å². The molecule has 2 aromatic rings. The molecule has 1 aromatic carbocycles. The highest BCUT2D eigenvalue weighted by molar-refractivity contribution is 5.97. The number of aryl methyl sites for hydroxylation is 1. The summed E-state index contributed by atoms with van der Waals surface area (Å²) in [6.07, 6.45) is 5.33. The number of carbonyl (C=O) groups excluding carboxylic acids is 1. The lowest BCUT2D eigenvalue weighted by atomic mass is 9.82. The fourth-order valence-electron chi connectivity index (χ4n) is 4.93. The Labute approximate surface area is 199 Å². The van der Waals surface area contributed by atoms with Gasteiger partial charge in [-0.15, -0.1) is 0 Å². The average molecular weight is 466 g/mol. The monoisotopic (exact) mass is 465 g/mol. The van der Waals surface area contributed by atoms with Crippen LogP contribution in [0.1, 0.15) is 58.6 Å². The molecule has 1 saturated carbocycles. The zero-order valence-corrected chi connectivity index (χ0v) is 19.6. The van der Waals surface area contributed by atoms with Gasteiger partial charge in [-0.05, 0) is 73.8 Å². The number of aliphatic hydroxyl groups excluding tert-OH is 1. The molecule has 0 spiro atoms. The second-order valence-corrected chi connectivity index (χ2v) is 9.52. The molecule has 1 fully saturated rings. The molecule has 1 aromatic heterocycles. The molecule has 1 aliphatic carbocycles. The molecular formula is C25H33N6O3+. The standard InChI is InChI=1S/C25H32N6O3/c1-16-10-21(24-28-30-31(29-24)14-17-2-4-18(15-32)5-3-17)12-22(27-16)25(33)26-13-19-6-7-20-8-9-34-23(20)11-19/h6-7,10-12,17-18,30,32H,2-5,8-9,13-15H2,1H3,(H,26,33)(H,28,29)/p+1. The van der Waals surface area contributed by atoms with Crippen molar-refractivity contribution in [3.05, 3.63) is 58.4 Å². The number of quaternary nitrogens is 1. The lowest BCUT2D eigenvalue weighted by Crippen LogP contribution is -2.95. The van der Waals surface area contributed by atoms with Crippen LogP contribution >= 0.6 is 0 Å². The van der Waals surface area contributed by atoms with Crippen LogP contribution in [0, 0.1) is 18.8 Å². The summed E-state index contributed by atoms with van der Waals surface area (Å²) in [5, 5.41) is 18.9. The molecule has 5 N–H and O–H groups in total. The number of nitrogens with zero attached hydrogens (tertiary/aromatic N) is 3. The number of benzene rings is 1. The lowest BCUT2D eigenvalue weighted by Gasteiger charge is -2.28. The van der Waals surface area contributed by atoms with Crippen molar-refractivity contribution < 1.29 is 20.1 Å². The number of aliphatic hydroxyl groups is 1. The van der Waals surface area contributed by atoms with E-state index < -0.39 is 0 Å². The zero-order valence-electron chi connectivity index (χ0n) is 19.6. The lowest BCUT2D eigenvalue weighted by molar-refractivity contribution is -0.619. The summed E-state index contributed by atoms with van der Waals surface area (Å²) in [4.78, 5) is 17.3. The number of hydrogen-bond acceptors (Lipinski definition) is 7. The highest BCUT2D eigenvalue weighted by Crippen LogP contribution is 2.29. The summed E-state index contributed by atoms with van der Waals surface area (Å²) in [5.41, 5.74) is 9.34. The van der Waals surface area contributed by atoms with Crippen LogP contribution in [0.2, 0.25) is 0 Å². The number of aromatic nitrogens is 1. The maximum Gasteiger partial charge on any atom is 0.271 e. The third kappa shape index (κ3) is 5.22. The number of carbonyl (C=O) groups is 1. The predicted octanol–water partition coefficient (Wildman–Crippen LogP) is 1.01. The topological polar surface area (TPSA) is 116 Å². The van der Waals surface area contributed by atoms with Crippen LogP contribution in [0.5, 0.6) is 5.75 Å². The number of hydrazone groups is 1. The first-order chi connectivity index (χ1) is 16.6. The molecule has 2 aliphatic heterocycles. The highest BCUT2D eigenvalue weighted by atomic mass is 16.5. The number of ether oxygens (including phenoxy) is 1. The zero-order chi connectivity index (χ0) is 23.5. The molecule has 0 saturated heterocycles. The number of amidine groups is 1. The van der Waals surface area contributed by atoms with E-state index >= 15 is 0 Å². The van der Waals surface area contributed by atoms with E-state index in [2.05, 4.69) is 21.9 Å². The number of hydrogen-bond donors (Lipinski definition) is 4.